The zero-order chi connectivity index (χ0) is 23.0. The second-order valence-electron chi connectivity index (χ2n) is 8.96. The Balaban J connectivity index is 1.55. The molecule has 1 heterocycles. The van der Waals surface area contributed by atoms with Gasteiger partial charge in [0.05, 0.1) is 17.2 Å². The number of ether oxygens (including phenoxy) is 2. The molecule has 0 saturated carbocycles. The third kappa shape index (κ3) is 6.95. The fraction of sp³-hybridized carbons (Fsp3) is 0.538. The molecule has 0 aliphatic carbocycles. The molecule has 0 aromatic heterocycles. The minimum atomic E-state index is -0.444. The summed E-state index contributed by atoms with van der Waals surface area (Å²) in [5.41, 5.74) is 2.26. The summed E-state index contributed by atoms with van der Waals surface area (Å²) in [4.78, 5) is 2.49. The molecular weight excluding hydrogens is 468 g/mol. The summed E-state index contributed by atoms with van der Waals surface area (Å²) < 4.78 is 12.6. The van der Waals surface area contributed by atoms with Gasteiger partial charge in [0.2, 0.25) is 0 Å². The van der Waals surface area contributed by atoms with E-state index < -0.39 is 6.10 Å². The highest BCUT2D eigenvalue weighted by molar-refractivity contribution is 9.10. The van der Waals surface area contributed by atoms with Crippen LogP contribution < -0.4 is 14.8 Å². The number of benzene rings is 2. The van der Waals surface area contributed by atoms with Gasteiger partial charge in [0.1, 0.15) is 18.1 Å². The van der Waals surface area contributed by atoms with Crippen LogP contribution in [0.25, 0.3) is 0 Å². The van der Waals surface area contributed by atoms with Crippen molar-refractivity contribution in [1.82, 2.24) is 10.2 Å². The molecule has 1 atom stereocenters. The molecule has 32 heavy (non-hydrogen) atoms. The van der Waals surface area contributed by atoms with Gasteiger partial charge in [-0.3, -0.25) is 0 Å². The standard InChI is InChI=1S/C26H37BrN2O3/c1-4-22(30)19-32-25-11-8-21(18-24(25)27)26(2,3)20-6-9-23(10-7-20)31-17-5-14-29-15-12-28-13-16-29/h6-11,18,22,28,30H,4-5,12-17,19H2,1-3H3. The van der Waals surface area contributed by atoms with Gasteiger partial charge in [-0.25, -0.2) is 0 Å². The lowest BCUT2D eigenvalue weighted by Crippen LogP contribution is -2.43. The van der Waals surface area contributed by atoms with Crippen molar-refractivity contribution in [3.63, 3.8) is 0 Å². The largest absolute Gasteiger partial charge is 0.494 e. The first-order chi connectivity index (χ1) is 15.4. The van der Waals surface area contributed by atoms with E-state index in [9.17, 15) is 5.11 Å². The molecule has 1 saturated heterocycles. The molecule has 0 radical (unpaired) electrons. The van der Waals surface area contributed by atoms with Gasteiger partial charge in [-0.1, -0.05) is 39.0 Å². The van der Waals surface area contributed by atoms with Crippen molar-refractivity contribution >= 4 is 15.9 Å². The first kappa shape index (κ1) is 25.0. The molecule has 2 N–H and O–H groups in total. The Bertz CT molecular complexity index is 835. The average molecular weight is 505 g/mol. The SMILES string of the molecule is CCC(O)COc1ccc(C(C)(C)c2ccc(OCCCN3CCNCC3)cc2)cc1Br. The van der Waals surface area contributed by atoms with Gasteiger partial charge in [-0.15, -0.1) is 0 Å². The molecule has 0 spiro atoms. The molecule has 1 aliphatic heterocycles. The van der Waals surface area contributed by atoms with Crippen molar-refractivity contribution < 1.29 is 14.6 Å². The van der Waals surface area contributed by atoms with Crippen LogP contribution in [0.3, 0.4) is 0 Å². The van der Waals surface area contributed by atoms with Crippen molar-refractivity contribution in [3.05, 3.63) is 58.1 Å². The Kier molecular flexibility index (Phi) is 9.41. The quantitative estimate of drug-likeness (QED) is 0.438. The van der Waals surface area contributed by atoms with Gasteiger partial charge in [0.25, 0.3) is 0 Å². The van der Waals surface area contributed by atoms with Crippen LogP contribution in [0.2, 0.25) is 0 Å². The molecule has 176 valence electrons. The number of nitrogens with zero attached hydrogens (tertiary/aromatic N) is 1. The van der Waals surface area contributed by atoms with E-state index in [4.69, 9.17) is 9.47 Å². The smallest absolute Gasteiger partial charge is 0.133 e. The van der Waals surface area contributed by atoms with Crippen LogP contribution in [0.15, 0.2) is 46.9 Å². The highest BCUT2D eigenvalue weighted by Crippen LogP contribution is 2.36. The molecule has 1 aliphatic rings. The Hall–Kier alpha value is -1.60. The Morgan fingerprint density at radius 2 is 1.75 bits per heavy atom. The van der Waals surface area contributed by atoms with Crippen LogP contribution in [-0.2, 0) is 5.41 Å². The lowest BCUT2D eigenvalue weighted by molar-refractivity contribution is 0.104. The fourth-order valence-corrected chi connectivity index (χ4v) is 4.35. The van der Waals surface area contributed by atoms with Gasteiger partial charge in [-0.2, -0.15) is 0 Å². The molecule has 0 amide bonds. The predicted octanol–water partition coefficient (Wildman–Crippen LogP) is 4.60. The maximum atomic E-state index is 9.74. The maximum Gasteiger partial charge on any atom is 0.133 e. The summed E-state index contributed by atoms with van der Waals surface area (Å²) >= 11 is 3.63. The van der Waals surface area contributed by atoms with E-state index in [-0.39, 0.29) is 5.41 Å². The van der Waals surface area contributed by atoms with Crippen molar-refractivity contribution in [2.75, 3.05) is 45.9 Å². The number of aliphatic hydroxyl groups is 1. The fourth-order valence-electron chi connectivity index (χ4n) is 3.86. The summed E-state index contributed by atoms with van der Waals surface area (Å²) in [5.74, 6) is 1.67. The maximum absolute atomic E-state index is 9.74. The number of piperazine rings is 1. The van der Waals surface area contributed by atoms with Gasteiger partial charge >= 0.3 is 0 Å². The first-order valence-electron chi connectivity index (χ1n) is 11.7. The number of halogens is 1. The topological polar surface area (TPSA) is 54.0 Å². The molecule has 1 unspecified atom stereocenters. The van der Waals surface area contributed by atoms with E-state index in [2.05, 4.69) is 76.4 Å². The monoisotopic (exact) mass is 504 g/mol. The third-order valence-electron chi connectivity index (χ3n) is 6.23. The summed E-state index contributed by atoms with van der Waals surface area (Å²) in [6.07, 6.45) is 1.28. The van der Waals surface area contributed by atoms with Crippen LogP contribution in [0.5, 0.6) is 11.5 Å². The lowest BCUT2D eigenvalue weighted by atomic mass is 9.78. The van der Waals surface area contributed by atoms with Crippen molar-refractivity contribution in [2.24, 2.45) is 0 Å². The minimum absolute atomic E-state index is 0.162. The van der Waals surface area contributed by atoms with E-state index in [0.717, 1.165) is 61.7 Å². The summed E-state index contributed by atoms with van der Waals surface area (Å²) in [6.45, 7) is 13.0. The van der Waals surface area contributed by atoms with Crippen LogP contribution in [-0.4, -0.2) is 62.0 Å². The average Bonchev–Trinajstić information content (AvgIpc) is 2.81. The summed E-state index contributed by atoms with van der Waals surface area (Å²) in [7, 11) is 0. The van der Waals surface area contributed by atoms with Gasteiger partial charge < -0.3 is 24.8 Å². The van der Waals surface area contributed by atoms with E-state index in [0.29, 0.717) is 13.0 Å². The van der Waals surface area contributed by atoms with E-state index in [1.54, 1.807) is 0 Å². The number of hydrogen-bond acceptors (Lipinski definition) is 5. The van der Waals surface area contributed by atoms with E-state index >= 15 is 0 Å². The highest BCUT2D eigenvalue weighted by Gasteiger charge is 2.24. The Morgan fingerprint density at radius 3 is 2.41 bits per heavy atom. The first-order valence-corrected chi connectivity index (χ1v) is 12.5. The molecule has 3 rings (SSSR count). The molecule has 0 bridgehead atoms. The minimum Gasteiger partial charge on any atom is -0.494 e. The molecule has 2 aromatic rings. The number of aliphatic hydroxyl groups excluding tert-OH is 1. The van der Waals surface area contributed by atoms with Crippen LogP contribution in [0.1, 0.15) is 44.7 Å². The highest BCUT2D eigenvalue weighted by atomic mass is 79.9. The van der Waals surface area contributed by atoms with Crippen molar-refractivity contribution in [3.8, 4) is 11.5 Å². The van der Waals surface area contributed by atoms with Gasteiger partial charge in [0, 0.05) is 38.1 Å². The summed E-state index contributed by atoms with van der Waals surface area (Å²) in [5, 5.41) is 13.1. The Labute approximate surface area is 201 Å². The van der Waals surface area contributed by atoms with E-state index in [1.165, 1.54) is 11.1 Å². The predicted molar refractivity (Wildman–Crippen MR) is 134 cm³/mol. The van der Waals surface area contributed by atoms with Crippen molar-refractivity contribution in [1.29, 1.82) is 0 Å². The van der Waals surface area contributed by atoms with Gasteiger partial charge in [-0.05, 0) is 64.2 Å². The zero-order valence-electron chi connectivity index (χ0n) is 19.6. The lowest BCUT2D eigenvalue weighted by Gasteiger charge is -2.27. The number of hydrogen-bond donors (Lipinski definition) is 2. The molecule has 2 aromatic carbocycles. The molecule has 5 nitrogen and oxygen atoms in total. The molecule has 6 heteroatoms. The number of rotatable bonds is 11. The van der Waals surface area contributed by atoms with E-state index in [1.807, 2.05) is 13.0 Å². The molecule has 1 fully saturated rings. The second kappa shape index (κ2) is 12.0. The summed E-state index contributed by atoms with van der Waals surface area (Å²) in [6, 6.07) is 14.6. The van der Waals surface area contributed by atoms with Crippen LogP contribution in [0, 0.1) is 0 Å². The third-order valence-corrected chi connectivity index (χ3v) is 6.85. The zero-order valence-corrected chi connectivity index (χ0v) is 21.2. The number of nitrogens with one attached hydrogen (secondary N) is 1. The van der Waals surface area contributed by atoms with Crippen molar-refractivity contribution in [2.45, 2.75) is 45.1 Å². The van der Waals surface area contributed by atoms with Crippen LogP contribution in [0.4, 0.5) is 0 Å². The van der Waals surface area contributed by atoms with Gasteiger partial charge in [0.15, 0.2) is 0 Å². The van der Waals surface area contributed by atoms with Crippen LogP contribution >= 0.6 is 15.9 Å². The molecular formula is C26H37BrN2O3. The second-order valence-corrected chi connectivity index (χ2v) is 9.82. The Morgan fingerprint density at radius 1 is 1.06 bits per heavy atom. The normalized spacial score (nSPS) is 16.0.